The number of hydrogen-bond donors (Lipinski definition) is 2. The van der Waals surface area contributed by atoms with E-state index in [1.807, 2.05) is 60.7 Å². The van der Waals surface area contributed by atoms with Crippen molar-refractivity contribution in [2.24, 2.45) is 5.73 Å². The number of benzene rings is 6. The monoisotopic (exact) mass is 556 g/mol. The van der Waals surface area contributed by atoms with Crippen LogP contribution in [0.1, 0.15) is 39.6 Å². The summed E-state index contributed by atoms with van der Waals surface area (Å²) >= 11 is 0. The molecule has 0 bridgehead atoms. The number of ether oxygens (including phenoxy) is 2. The zero-order chi connectivity index (χ0) is 29.0. The lowest BCUT2D eigenvalue weighted by molar-refractivity contribution is 0.199. The fourth-order valence-corrected chi connectivity index (χ4v) is 6.76. The van der Waals surface area contributed by atoms with Crippen LogP contribution in [0.25, 0.3) is 22.3 Å². The van der Waals surface area contributed by atoms with E-state index in [4.69, 9.17) is 20.6 Å². The fraction of sp³-hybridized carbons (Fsp3) is 0.0513. The lowest BCUT2D eigenvalue weighted by atomic mass is 9.66. The number of para-hydroxylation sites is 1. The molecule has 1 aliphatic heterocycles. The van der Waals surface area contributed by atoms with Crippen LogP contribution in [-0.2, 0) is 10.2 Å². The zero-order valence-electron chi connectivity index (χ0n) is 23.3. The van der Waals surface area contributed by atoms with Crippen LogP contribution < -0.4 is 10.5 Å². The van der Waals surface area contributed by atoms with Crippen molar-refractivity contribution in [3.05, 3.63) is 179 Å². The Bertz CT molecular complexity index is 1970. The van der Waals surface area contributed by atoms with Gasteiger partial charge in [0.05, 0.1) is 5.41 Å². The molecular formula is C39H28N2O2. The minimum Gasteiger partial charge on any atom is -0.457 e. The second-order valence-electron chi connectivity index (χ2n) is 11.0. The first-order valence-corrected chi connectivity index (χ1v) is 14.4. The minimum atomic E-state index is -0.702. The van der Waals surface area contributed by atoms with Crippen molar-refractivity contribution in [3.63, 3.8) is 0 Å². The van der Waals surface area contributed by atoms with Crippen LogP contribution in [-0.4, -0.2) is 5.90 Å². The van der Waals surface area contributed by atoms with E-state index in [0.29, 0.717) is 5.56 Å². The molecule has 1 aliphatic carbocycles. The third-order valence-corrected chi connectivity index (χ3v) is 8.70. The Morgan fingerprint density at radius 2 is 1.14 bits per heavy atom. The average molecular weight is 557 g/mol. The molecule has 4 nitrogen and oxygen atoms in total. The van der Waals surface area contributed by atoms with Gasteiger partial charge in [-0.25, -0.2) is 0 Å². The normalized spacial score (nSPS) is 14.1. The fourth-order valence-electron chi connectivity index (χ4n) is 6.76. The topological polar surface area (TPSA) is 68.3 Å². The summed E-state index contributed by atoms with van der Waals surface area (Å²) in [5.41, 5.74) is 16.6. The Balaban J connectivity index is 1.19. The van der Waals surface area contributed by atoms with Crippen molar-refractivity contribution in [1.29, 1.82) is 5.41 Å². The highest BCUT2D eigenvalue weighted by Gasteiger charge is 2.50. The van der Waals surface area contributed by atoms with E-state index >= 15 is 0 Å². The lowest BCUT2D eigenvalue weighted by Gasteiger charge is -2.39. The predicted molar refractivity (Wildman–Crippen MR) is 171 cm³/mol. The Hall–Kier alpha value is -5.45. The van der Waals surface area contributed by atoms with E-state index in [1.165, 1.54) is 22.3 Å². The Morgan fingerprint density at radius 3 is 1.84 bits per heavy atom. The Labute approximate surface area is 250 Å². The average Bonchev–Trinajstić information content (AvgIpc) is 3.36. The van der Waals surface area contributed by atoms with Gasteiger partial charge in [0.25, 0.3) is 0 Å². The molecule has 8 rings (SSSR count). The van der Waals surface area contributed by atoms with Gasteiger partial charge in [-0.15, -0.1) is 0 Å². The molecule has 2 aliphatic rings. The first-order chi connectivity index (χ1) is 21.1. The largest absolute Gasteiger partial charge is 0.457 e. The number of hydrogen-bond acceptors (Lipinski definition) is 4. The Morgan fingerprint density at radius 1 is 0.581 bits per heavy atom. The molecule has 43 heavy (non-hydrogen) atoms. The van der Waals surface area contributed by atoms with Crippen molar-refractivity contribution in [2.75, 3.05) is 0 Å². The Kier molecular flexibility index (Phi) is 5.78. The maximum absolute atomic E-state index is 8.47. The van der Waals surface area contributed by atoms with E-state index in [2.05, 4.69) is 84.9 Å². The summed E-state index contributed by atoms with van der Waals surface area (Å²) in [4.78, 5) is 0. The molecular weight excluding hydrogens is 528 g/mol. The number of nitrogens with two attached hydrogens (primary N) is 1. The van der Waals surface area contributed by atoms with Crippen molar-refractivity contribution in [2.45, 2.75) is 11.6 Å². The summed E-state index contributed by atoms with van der Waals surface area (Å²) in [6.07, 6.45) is -0.702. The maximum Gasteiger partial charge on any atom is 0.215 e. The SMILES string of the molecule is N=C(OC(N)c1ccccc1)c1ccc(-c2ccc3c(c2)Oc2ccccc2C32c3ccccc3-c3ccccc32)cc1. The van der Waals surface area contributed by atoms with Gasteiger partial charge in [-0.05, 0) is 57.6 Å². The summed E-state index contributed by atoms with van der Waals surface area (Å²) < 4.78 is 12.4. The second-order valence-corrected chi connectivity index (χ2v) is 11.0. The van der Waals surface area contributed by atoms with Crippen molar-refractivity contribution in [3.8, 4) is 33.8 Å². The van der Waals surface area contributed by atoms with Gasteiger partial charge in [-0.1, -0.05) is 121 Å². The molecule has 0 radical (unpaired) electrons. The standard InChI is InChI=1S/C39H28N2O2/c40-37(26-10-2-1-3-11-26)43-38(41)27-20-18-25(19-21-27)28-22-23-34-36(24-28)42-35-17-9-8-16-33(35)39(34)31-14-6-4-12-29(31)30-13-5-7-15-32(30)39/h1-24,37,41H,40H2. The van der Waals surface area contributed by atoms with Crippen LogP contribution in [0.4, 0.5) is 0 Å². The lowest BCUT2D eigenvalue weighted by Crippen LogP contribution is -2.32. The molecule has 206 valence electrons. The number of fused-ring (bicyclic) bond motifs is 9. The van der Waals surface area contributed by atoms with Crippen LogP contribution in [0.5, 0.6) is 11.5 Å². The molecule has 1 heterocycles. The van der Waals surface area contributed by atoms with E-state index < -0.39 is 11.6 Å². The van der Waals surface area contributed by atoms with Gasteiger partial charge >= 0.3 is 0 Å². The van der Waals surface area contributed by atoms with E-state index in [9.17, 15) is 0 Å². The van der Waals surface area contributed by atoms with Crippen molar-refractivity contribution >= 4 is 5.90 Å². The summed E-state index contributed by atoms with van der Waals surface area (Å²) in [7, 11) is 0. The summed E-state index contributed by atoms with van der Waals surface area (Å²) in [6, 6.07) is 49.7. The molecule has 6 aromatic rings. The molecule has 3 N–H and O–H groups in total. The van der Waals surface area contributed by atoms with Gasteiger partial charge in [-0.3, -0.25) is 11.1 Å². The molecule has 1 atom stereocenters. The molecule has 0 saturated carbocycles. The molecule has 1 unspecified atom stereocenters. The molecule has 6 aromatic carbocycles. The van der Waals surface area contributed by atoms with Crippen LogP contribution in [0, 0.1) is 5.41 Å². The van der Waals surface area contributed by atoms with Crippen LogP contribution >= 0.6 is 0 Å². The van der Waals surface area contributed by atoms with Gasteiger partial charge in [-0.2, -0.15) is 0 Å². The summed E-state index contributed by atoms with van der Waals surface area (Å²) in [5, 5.41) is 8.47. The summed E-state index contributed by atoms with van der Waals surface area (Å²) in [6.45, 7) is 0. The predicted octanol–water partition coefficient (Wildman–Crippen LogP) is 8.82. The highest BCUT2D eigenvalue weighted by Crippen LogP contribution is 2.62. The van der Waals surface area contributed by atoms with Gasteiger partial charge in [0.15, 0.2) is 6.23 Å². The molecule has 0 amide bonds. The highest BCUT2D eigenvalue weighted by molar-refractivity contribution is 5.92. The second kappa shape index (κ2) is 9.83. The molecule has 1 spiro atoms. The highest BCUT2D eigenvalue weighted by atomic mass is 16.5. The van der Waals surface area contributed by atoms with Crippen molar-refractivity contribution < 1.29 is 9.47 Å². The number of nitrogens with one attached hydrogen (secondary N) is 1. The minimum absolute atomic E-state index is 0.0359. The van der Waals surface area contributed by atoms with E-state index in [0.717, 1.165) is 39.3 Å². The van der Waals surface area contributed by atoms with Crippen molar-refractivity contribution in [1.82, 2.24) is 0 Å². The van der Waals surface area contributed by atoms with E-state index in [-0.39, 0.29) is 5.90 Å². The smallest absolute Gasteiger partial charge is 0.215 e. The molecule has 0 fully saturated rings. The van der Waals surface area contributed by atoms with Gasteiger partial charge in [0, 0.05) is 22.3 Å². The summed E-state index contributed by atoms with van der Waals surface area (Å²) in [5.74, 6) is 1.75. The van der Waals surface area contributed by atoms with Gasteiger partial charge in [0.2, 0.25) is 5.90 Å². The third kappa shape index (κ3) is 3.84. The first kappa shape index (κ1) is 25.3. The van der Waals surface area contributed by atoms with Gasteiger partial charge in [0.1, 0.15) is 11.5 Å². The first-order valence-electron chi connectivity index (χ1n) is 14.4. The third-order valence-electron chi connectivity index (χ3n) is 8.70. The maximum atomic E-state index is 8.47. The zero-order valence-corrected chi connectivity index (χ0v) is 23.3. The molecule has 0 aromatic heterocycles. The van der Waals surface area contributed by atoms with Crippen LogP contribution in [0.3, 0.4) is 0 Å². The van der Waals surface area contributed by atoms with Gasteiger partial charge < -0.3 is 9.47 Å². The number of rotatable bonds is 4. The van der Waals surface area contributed by atoms with E-state index in [1.54, 1.807) is 0 Å². The van der Waals surface area contributed by atoms with Crippen LogP contribution in [0.2, 0.25) is 0 Å². The molecule has 0 saturated heterocycles. The quantitative estimate of drug-likeness (QED) is 0.129. The van der Waals surface area contributed by atoms with Crippen LogP contribution in [0.15, 0.2) is 146 Å². The molecule has 4 heteroatoms.